The Labute approximate surface area is 155 Å². The molecule has 0 saturated heterocycles. The van der Waals surface area contributed by atoms with Crippen molar-refractivity contribution >= 4 is 0 Å². The Bertz CT molecular complexity index is 745. The summed E-state index contributed by atoms with van der Waals surface area (Å²) in [5, 5.41) is 18.8. The standard InChI is InChI=1S/C24H26O2/c1-17(15-19-3-11-23(25)12-4-19)21-7-9-22(10-8-21)18(2)16-20-5-13-24(26)14-6-20/h3-14,17-18,25-26H,15-16H2,1-2H3. The molecule has 3 rings (SSSR count). The Morgan fingerprint density at radius 1 is 0.538 bits per heavy atom. The van der Waals surface area contributed by atoms with Gasteiger partial charge in [-0.05, 0) is 71.2 Å². The van der Waals surface area contributed by atoms with Gasteiger partial charge in [0.1, 0.15) is 11.5 Å². The van der Waals surface area contributed by atoms with Crippen molar-refractivity contribution < 1.29 is 10.2 Å². The van der Waals surface area contributed by atoms with Gasteiger partial charge < -0.3 is 10.2 Å². The molecule has 0 fully saturated rings. The highest BCUT2D eigenvalue weighted by Crippen LogP contribution is 2.26. The molecule has 2 unspecified atom stereocenters. The first-order chi connectivity index (χ1) is 12.5. The molecule has 26 heavy (non-hydrogen) atoms. The van der Waals surface area contributed by atoms with Crippen LogP contribution in [0.25, 0.3) is 0 Å². The number of hydrogen-bond acceptors (Lipinski definition) is 2. The van der Waals surface area contributed by atoms with Crippen LogP contribution in [-0.4, -0.2) is 10.2 Å². The fourth-order valence-corrected chi connectivity index (χ4v) is 3.36. The van der Waals surface area contributed by atoms with E-state index in [4.69, 9.17) is 0 Å². The van der Waals surface area contributed by atoms with E-state index in [1.54, 1.807) is 24.3 Å². The van der Waals surface area contributed by atoms with Gasteiger partial charge in [-0.15, -0.1) is 0 Å². The van der Waals surface area contributed by atoms with Gasteiger partial charge >= 0.3 is 0 Å². The summed E-state index contributed by atoms with van der Waals surface area (Å²) in [5.41, 5.74) is 5.14. The first-order valence-corrected chi connectivity index (χ1v) is 9.17. The Balaban J connectivity index is 1.63. The lowest BCUT2D eigenvalue weighted by atomic mass is 9.89. The van der Waals surface area contributed by atoms with Gasteiger partial charge in [0.25, 0.3) is 0 Å². The number of rotatable bonds is 6. The van der Waals surface area contributed by atoms with Gasteiger partial charge in [0.15, 0.2) is 0 Å². The van der Waals surface area contributed by atoms with Crippen molar-refractivity contribution in [3.63, 3.8) is 0 Å². The predicted octanol–water partition coefficient (Wildman–Crippen LogP) is 5.79. The Morgan fingerprint density at radius 3 is 1.15 bits per heavy atom. The third-order valence-electron chi connectivity index (χ3n) is 5.03. The molecular formula is C24H26O2. The van der Waals surface area contributed by atoms with Crippen LogP contribution in [0, 0.1) is 0 Å². The molecule has 2 N–H and O–H groups in total. The molecule has 0 bridgehead atoms. The minimum atomic E-state index is 0.313. The summed E-state index contributed by atoms with van der Waals surface area (Å²) in [7, 11) is 0. The van der Waals surface area contributed by atoms with Crippen molar-refractivity contribution in [1.29, 1.82) is 0 Å². The first-order valence-electron chi connectivity index (χ1n) is 9.17. The van der Waals surface area contributed by atoms with Gasteiger partial charge in [0.2, 0.25) is 0 Å². The third-order valence-corrected chi connectivity index (χ3v) is 5.03. The van der Waals surface area contributed by atoms with Crippen LogP contribution in [0.1, 0.15) is 47.9 Å². The Morgan fingerprint density at radius 2 is 0.846 bits per heavy atom. The summed E-state index contributed by atoms with van der Waals surface area (Å²) in [6, 6.07) is 23.8. The summed E-state index contributed by atoms with van der Waals surface area (Å²) < 4.78 is 0. The highest BCUT2D eigenvalue weighted by Gasteiger charge is 2.10. The van der Waals surface area contributed by atoms with Gasteiger partial charge in [0.05, 0.1) is 0 Å². The largest absolute Gasteiger partial charge is 0.508 e. The normalized spacial score (nSPS) is 13.3. The van der Waals surface area contributed by atoms with E-state index < -0.39 is 0 Å². The van der Waals surface area contributed by atoms with Crippen LogP contribution in [-0.2, 0) is 12.8 Å². The van der Waals surface area contributed by atoms with E-state index >= 15 is 0 Å². The fourth-order valence-electron chi connectivity index (χ4n) is 3.36. The second kappa shape index (κ2) is 8.09. The van der Waals surface area contributed by atoms with Crippen LogP contribution in [0.2, 0.25) is 0 Å². The molecule has 2 atom stereocenters. The molecule has 2 heteroatoms. The molecule has 0 saturated carbocycles. The lowest BCUT2D eigenvalue weighted by Crippen LogP contribution is -2.01. The molecule has 0 spiro atoms. The van der Waals surface area contributed by atoms with Crippen molar-refractivity contribution in [2.24, 2.45) is 0 Å². The molecule has 3 aromatic rings. The van der Waals surface area contributed by atoms with Crippen molar-refractivity contribution in [3.05, 3.63) is 95.1 Å². The van der Waals surface area contributed by atoms with E-state index in [-0.39, 0.29) is 0 Å². The van der Waals surface area contributed by atoms with E-state index in [2.05, 4.69) is 38.1 Å². The van der Waals surface area contributed by atoms with E-state index in [1.807, 2.05) is 24.3 Å². The molecule has 0 radical (unpaired) electrons. The maximum Gasteiger partial charge on any atom is 0.115 e. The highest BCUT2D eigenvalue weighted by molar-refractivity contribution is 5.32. The molecule has 3 aromatic carbocycles. The Hall–Kier alpha value is -2.74. The number of aromatic hydroxyl groups is 2. The number of phenolic OH excluding ortho intramolecular Hbond substituents is 2. The predicted molar refractivity (Wildman–Crippen MR) is 107 cm³/mol. The molecule has 0 aromatic heterocycles. The van der Waals surface area contributed by atoms with Crippen LogP contribution in [0.5, 0.6) is 11.5 Å². The van der Waals surface area contributed by atoms with Gasteiger partial charge in [-0.1, -0.05) is 62.4 Å². The zero-order valence-corrected chi connectivity index (χ0v) is 15.4. The van der Waals surface area contributed by atoms with Crippen LogP contribution in [0.3, 0.4) is 0 Å². The van der Waals surface area contributed by atoms with Crippen LogP contribution in [0.15, 0.2) is 72.8 Å². The zero-order valence-electron chi connectivity index (χ0n) is 15.4. The minimum absolute atomic E-state index is 0.313. The monoisotopic (exact) mass is 346 g/mol. The summed E-state index contributed by atoms with van der Waals surface area (Å²) in [4.78, 5) is 0. The second-order valence-corrected chi connectivity index (χ2v) is 7.21. The average Bonchev–Trinajstić information content (AvgIpc) is 2.65. The summed E-state index contributed by atoms with van der Waals surface area (Å²) in [6.45, 7) is 4.48. The molecule has 2 nitrogen and oxygen atoms in total. The van der Waals surface area contributed by atoms with E-state index in [0.29, 0.717) is 23.3 Å². The van der Waals surface area contributed by atoms with E-state index in [0.717, 1.165) is 12.8 Å². The lowest BCUT2D eigenvalue weighted by Gasteiger charge is -2.16. The maximum absolute atomic E-state index is 9.40. The maximum atomic E-state index is 9.40. The first kappa shape index (κ1) is 18.1. The highest BCUT2D eigenvalue weighted by atomic mass is 16.3. The number of hydrogen-bond donors (Lipinski definition) is 2. The van der Waals surface area contributed by atoms with Gasteiger partial charge in [-0.2, -0.15) is 0 Å². The van der Waals surface area contributed by atoms with Gasteiger partial charge in [-0.25, -0.2) is 0 Å². The fraction of sp³-hybridized carbons (Fsp3) is 0.250. The van der Waals surface area contributed by atoms with Crippen LogP contribution < -0.4 is 0 Å². The topological polar surface area (TPSA) is 40.5 Å². The molecule has 0 amide bonds. The van der Waals surface area contributed by atoms with Crippen LogP contribution in [0.4, 0.5) is 0 Å². The minimum Gasteiger partial charge on any atom is -0.508 e. The summed E-state index contributed by atoms with van der Waals surface area (Å²) in [6.07, 6.45) is 1.92. The number of phenols is 2. The number of benzene rings is 3. The Kier molecular flexibility index (Phi) is 5.62. The SMILES string of the molecule is CC(Cc1ccc(O)cc1)c1ccc(C(C)Cc2ccc(O)cc2)cc1. The molecule has 0 aliphatic carbocycles. The van der Waals surface area contributed by atoms with Crippen LogP contribution >= 0.6 is 0 Å². The lowest BCUT2D eigenvalue weighted by molar-refractivity contribution is 0.474. The molecule has 0 heterocycles. The average molecular weight is 346 g/mol. The van der Waals surface area contributed by atoms with Crippen molar-refractivity contribution in [3.8, 4) is 11.5 Å². The molecule has 134 valence electrons. The van der Waals surface area contributed by atoms with Crippen molar-refractivity contribution in [1.82, 2.24) is 0 Å². The van der Waals surface area contributed by atoms with Gasteiger partial charge in [0, 0.05) is 0 Å². The zero-order chi connectivity index (χ0) is 18.5. The van der Waals surface area contributed by atoms with Crippen molar-refractivity contribution in [2.45, 2.75) is 38.5 Å². The van der Waals surface area contributed by atoms with E-state index in [9.17, 15) is 10.2 Å². The van der Waals surface area contributed by atoms with E-state index in [1.165, 1.54) is 22.3 Å². The quantitative estimate of drug-likeness (QED) is 0.593. The van der Waals surface area contributed by atoms with Crippen molar-refractivity contribution in [2.75, 3.05) is 0 Å². The third kappa shape index (κ3) is 4.66. The summed E-state index contributed by atoms with van der Waals surface area (Å²) >= 11 is 0. The van der Waals surface area contributed by atoms with Gasteiger partial charge in [-0.3, -0.25) is 0 Å². The molecule has 0 aliphatic heterocycles. The summed E-state index contributed by atoms with van der Waals surface area (Å²) in [5.74, 6) is 1.49. The molecular weight excluding hydrogens is 320 g/mol. The smallest absolute Gasteiger partial charge is 0.115 e. The second-order valence-electron chi connectivity index (χ2n) is 7.21. The molecule has 0 aliphatic rings.